The van der Waals surface area contributed by atoms with Crippen LogP contribution in [0.2, 0.25) is 0 Å². The minimum atomic E-state index is -3.46. The molecular weight excluding hydrogens is 203 g/mol. The van der Waals surface area contributed by atoms with Crippen LogP contribution in [0, 0.1) is 20.2 Å². The van der Waals surface area contributed by atoms with Crippen LogP contribution in [0.3, 0.4) is 0 Å². The van der Waals surface area contributed by atoms with E-state index < -0.39 is 28.5 Å². The maximum Gasteiger partial charge on any atom is 0.542 e. The molecule has 1 aliphatic heterocycles. The van der Waals surface area contributed by atoms with Crippen molar-refractivity contribution in [2.45, 2.75) is 12.1 Å². The molecule has 1 fully saturated rings. The molecule has 1 heterocycles. The summed E-state index contributed by atoms with van der Waals surface area (Å²) in [5, 5.41) is 20.1. The van der Waals surface area contributed by atoms with E-state index in [2.05, 4.69) is 9.47 Å². The van der Waals surface area contributed by atoms with Crippen molar-refractivity contribution >= 4 is 0 Å². The Labute approximate surface area is 76.9 Å². The van der Waals surface area contributed by atoms with E-state index in [0.717, 1.165) is 0 Å². The van der Waals surface area contributed by atoms with E-state index in [4.69, 9.17) is 0 Å². The molecule has 0 spiro atoms. The maximum absolute atomic E-state index is 13.1. The van der Waals surface area contributed by atoms with Crippen molar-refractivity contribution in [3.8, 4) is 0 Å². The SMILES string of the molecule is O=[N+]([O-])CC(F)(OCC1CO1)[N+](=O)[O-]. The smallest absolute Gasteiger partial charge is 0.371 e. The van der Waals surface area contributed by atoms with E-state index in [9.17, 15) is 24.6 Å². The van der Waals surface area contributed by atoms with E-state index >= 15 is 0 Å². The van der Waals surface area contributed by atoms with Gasteiger partial charge >= 0.3 is 12.5 Å². The summed E-state index contributed by atoms with van der Waals surface area (Å²) in [6.45, 7) is -1.55. The quantitative estimate of drug-likeness (QED) is 0.193. The fourth-order valence-corrected chi connectivity index (χ4v) is 0.700. The summed E-state index contributed by atoms with van der Waals surface area (Å²) < 4.78 is 21.9. The number of nitro groups is 2. The van der Waals surface area contributed by atoms with E-state index in [1.807, 2.05) is 0 Å². The molecule has 2 atom stereocenters. The highest BCUT2D eigenvalue weighted by Gasteiger charge is 2.52. The highest BCUT2D eigenvalue weighted by molar-refractivity contribution is 4.68. The first kappa shape index (κ1) is 10.7. The number of halogens is 1. The second kappa shape index (κ2) is 3.80. The van der Waals surface area contributed by atoms with Gasteiger partial charge in [0.15, 0.2) is 0 Å². The molecule has 0 N–H and O–H groups in total. The fourth-order valence-electron chi connectivity index (χ4n) is 0.700. The zero-order chi connectivity index (χ0) is 10.8. The van der Waals surface area contributed by atoms with Gasteiger partial charge in [-0.2, -0.15) is 0 Å². The number of nitrogens with zero attached hydrogens (tertiary/aromatic N) is 2. The summed E-state index contributed by atoms with van der Waals surface area (Å²) in [4.78, 5) is 17.5. The number of epoxide rings is 1. The second-order valence-corrected chi connectivity index (χ2v) is 2.70. The van der Waals surface area contributed by atoms with Gasteiger partial charge in [0.05, 0.1) is 18.1 Å². The van der Waals surface area contributed by atoms with E-state index in [-0.39, 0.29) is 6.61 Å². The number of rotatable bonds is 6. The molecular formula is C5H7FN2O6. The first-order valence-electron chi connectivity index (χ1n) is 3.65. The van der Waals surface area contributed by atoms with Crippen LogP contribution in [0.1, 0.15) is 0 Å². The minimum Gasteiger partial charge on any atom is -0.371 e. The summed E-state index contributed by atoms with van der Waals surface area (Å²) in [5.74, 6) is -3.46. The number of ether oxygens (including phenoxy) is 2. The van der Waals surface area contributed by atoms with Gasteiger partial charge in [-0.1, -0.05) is 0 Å². The number of hydrogen-bond donors (Lipinski definition) is 0. The fraction of sp³-hybridized carbons (Fsp3) is 1.00. The Morgan fingerprint density at radius 1 is 1.57 bits per heavy atom. The highest BCUT2D eigenvalue weighted by atomic mass is 19.2. The largest absolute Gasteiger partial charge is 0.542 e. The highest BCUT2D eigenvalue weighted by Crippen LogP contribution is 2.18. The van der Waals surface area contributed by atoms with Crippen LogP contribution in [0.15, 0.2) is 0 Å². The average molecular weight is 210 g/mol. The van der Waals surface area contributed by atoms with Gasteiger partial charge in [-0.25, -0.2) is 0 Å². The Morgan fingerprint density at radius 3 is 2.50 bits per heavy atom. The van der Waals surface area contributed by atoms with Crippen LogP contribution in [0.4, 0.5) is 4.39 Å². The average Bonchev–Trinajstić information content (AvgIpc) is 2.82. The lowest BCUT2D eigenvalue weighted by molar-refractivity contribution is -0.709. The summed E-state index contributed by atoms with van der Waals surface area (Å²) >= 11 is 0. The molecule has 80 valence electrons. The number of alkyl halides is 1. The number of hydrogen-bond acceptors (Lipinski definition) is 6. The van der Waals surface area contributed by atoms with Gasteiger partial charge in [0.25, 0.3) is 0 Å². The van der Waals surface area contributed by atoms with Crippen LogP contribution < -0.4 is 0 Å². The van der Waals surface area contributed by atoms with Gasteiger partial charge in [0.1, 0.15) is 6.10 Å². The van der Waals surface area contributed by atoms with Crippen molar-refractivity contribution in [3.63, 3.8) is 0 Å². The zero-order valence-electron chi connectivity index (χ0n) is 6.92. The molecule has 1 rings (SSSR count). The predicted octanol–water partition coefficient (Wildman–Crippen LogP) is -0.421. The van der Waals surface area contributed by atoms with Gasteiger partial charge in [0.2, 0.25) is 0 Å². The normalized spacial score (nSPS) is 23.9. The summed E-state index contributed by atoms with van der Waals surface area (Å²) in [6.07, 6.45) is -0.392. The third-order valence-corrected chi connectivity index (χ3v) is 1.49. The van der Waals surface area contributed by atoms with Crippen LogP contribution in [-0.2, 0) is 9.47 Å². The molecule has 0 amide bonds. The van der Waals surface area contributed by atoms with Crippen molar-refractivity contribution in [2.75, 3.05) is 19.8 Å². The van der Waals surface area contributed by atoms with Gasteiger partial charge < -0.3 is 4.74 Å². The lowest BCUT2D eigenvalue weighted by atomic mass is 10.5. The molecule has 8 nitrogen and oxygen atoms in total. The Balaban J connectivity index is 2.49. The van der Waals surface area contributed by atoms with Gasteiger partial charge in [-0.15, -0.1) is 4.39 Å². The third kappa shape index (κ3) is 2.85. The molecule has 0 aromatic rings. The van der Waals surface area contributed by atoms with Crippen LogP contribution in [0.25, 0.3) is 0 Å². The van der Waals surface area contributed by atoms with Crippen LogP contribution in [-0.4, -0.2) is 41.7 Å². The molecule has 0 aromatic heterocycles. The van der Waals surface area contributed by atoms with Crippen molar-refractivity contribution in [1.29, 1.82) is 0 Å². The molecule has 0 aliphatic carbocycles. The standard InChI is InChI=1S/C5H7FN2O6/c6-5(8(11)12,3-7(9)10)14-2-4-1-13-4/h4H,1-3H2. The Hall–Kier alpha value is -1.35. The molecule has 0 saturated carbocycles. The van der Waals surface area contributed by atoms with Gasteiger partial charge in [0, 0.05) is 4.92 Å². The van der Waals surface area contributed by atoms with E-state index in [1.165, 1.54) is 0 Å². The van der Waals surface area contributed by atoms with Gasteiger partial charge in [-0.3, -0.25) is 25.0 Å². The summed E-state index contributed by atoms with van der Waals surface area (Å²) in [7, 11) is 0. The molecule has 1 aliphatic rings. The molecule has 0 aromatic carbocycles. The van der Waals surface area contributed by atoms with Crippen LogP contribution >= 0.6 is 0 Å². The second-order valence-electron chi connectivity index (χ2n) is 2.70. The monoisotopic (exact) mass is 210 g/mol. The molecule has 9 heteroatoms. The lowest BCUT2D eigenvalue weighted by Crippen LogP contribution is -2.44. The van der Waals surface area contributed by atoms with Crippen molar-refractivity contribution in [1.82, 2.24) is 0 Å². The summed E-state index contributed by atoms with van der Waals surface area (Å²) in [6, 6.07) is 0. The zero-order valence-corrected chi connectivity index (χ0v) is 6.92. The molecule has 2 unspecified atom stereocenters. The van der Waals surface area contributed by atoms with Gasteiger partial charge in [-0.05, 0) is 0 Å². The first-order valence-corrected chi connectivity index (χ1v) is 3.65. The predicted molar refractivity (Wildman–Crippen MR) is 38.4 cm³/mol. The van der Waals surface area contributed by atoms with Crippen LogP contribution in [0.5, 0.6) is 0 Å². The first-order chi connectivity index (χ1) is 6.44. The van der Waals surface area contributed by atoms with Crippen molar-refractivity contribution < 1.29 is 23.7 Å². The third-order valence-electron chi connectivity index (χ3n) is 1.49. The molecule has 0 bridgehead atoms. The Kier molecular flexibility index (Phi) is 2.91. The molecule has 14 heavy (non-hydrogen) atoms. The van der Waals surface area contributed by atoms with E-state index in [1.54, 1.807) is 0 Å². The van der Waals surface area contributed by atoms with Crippen molar-refractivity contribution in [2.24, 2.45) is 0 Å². The Morgan fingerprint density at radius 2 is 2.14 bits per heavy atom. The maximum atomic E-state index is 13.1. The Bertz CT molecular complexity index is 257. The topological polar surface area (TPSA) is 108 Å². The van der Waals surface area contributed by atoms with E-state index in [0.29, 0.717) is 6.61 Å². The lowest BCUT2D eigenvalue weighted by Gasteiger charge is -2.11. The minimum absolute atomic E-state index is 0.326. The molecule has 0 radical (unpaired) electrons. The van der Waals surface area contributed by atoms with Crippen molar-refractivity contribution in [3.05, 3.63) is 20.2 Å². The summed E-state index contributed by atoms with van der Waals surface area (Å²) in [5.41, 5.74) is 0. The molecule has 1 saturated heterocycles.